The van der Waals surface area contributed by atoms with Gasteiger partial charge >= 0.3 is 0 Å². The van der Waals surface area contributed by atoms with Crippen LogP contribution in [0.25, 0.3) is 22.3 Å². The summed E-state index contributed by atoms with van der Waals surface area (Å²) in [6.45, 7) is 0. The van der Waals surface area contributed by atoms with E-state index >= 15 is 0 Å². The van der Waals surface area contributed by atoms with Crippen molar-refractivity contribution < 1.29 is 4.39 Å². The van der Waals surface area contributed by atoms with Gasteiger partial charge in [-0.15, -0.1) is 0 Å². The summed E-state index contributed by atoms with van der Waals surface area (Å²) in [5.74, 6) is -0.205. The monoisotopic (exact) mass is 467 g/mol. The van der Waals surface area contributed by atoms with E-state index in [2.05, 4.69) is 71.6 Å². The van der Waals surface area contributed by atoms with Crippen LogP contribution in [0.5, 0.6) is 0 Å². The Morgan fingerprint density at radius 3 is 2.36 bits per heavy atom. The van der Waals surface area contributed by atoms with Gasteiger partial charge in [0.25, 0.3) is 0 Å². The Kier molecular flexibility index (Phi) is 5.36. The van der Waals surface area contributed by atoms with E-state index in [1.807, 2.05) is 24.3 Å². The maximum atomic E-state index is 14.7. The third kappa shape index (κ3) is 3.56. The molecule has 6 rings (SSSR count). The van der Waals surface area contributed by atoms with E-state index in [1.165, 1.54) is 17.3 Å². The van der Waals surface area contributed by atoms with Crippen LogP contribution in [-0.4, -0.2) is 6.04 Å². The average Bonchev–Trinajstić information content (AvgIpc) is 3.26. The molecule has 0 amide bonds. The number of anilines is 2. The number of hydrogen-bond donors (Lipinski definition) is 0. The van der Waals surface area contributed by atoms with Crippen molar-refractivity contribution in [2.45, 2.75) is 24.8 Å². The van der Waals surface area contributed by atoms with Gasteiger partial charge in [-0.3, -0.25) is 0 Å². The van der Waals surface area contributed by atoms with Gasteiger partial charge in [-0.25, -0.2) is 4.39 Å². The van der Waals surface area contributed by atoms with Crippen molar-refractivity contribution >= 4 is 11.4 Å². The second kappa shape index (κ2) is 8.84. The predicted molar refractivity (Wildman–Crippen MR) is 140 cm³/mol. The van der Waals surface area contributed by atoms with Gasteiger partial charge in [0, 0.05) is 34.5 Å². The van der Waals surface area contributed by atoms with Gasteiger partial charge in [-0.05, 0) is 71.5 Å². The lowest BCUT2D eigenvalue weighted by Crippen LogP contribution is -2.31. The number of fused-ring (bicyclic) bond motifs is 3. The molecule has 0 radical (unpaired) electrons. The van der Waals surface area contributed by atoms with Crippen molar-refractivity contribution in [2.75, 3.05) is 4.90 Å². The van der Waals surface area contributed by atoms with Crippen LogP contribution in [0.2, 0.25) is 0 Å². The zero-order chi connectivity index (χ0) is 24.6. The highest BCUT2D eigenvalue weighted by atomic mass is 19.1. The number of hydrogen-bond acceptors (Lipinski definition) is 3. The van der Waals surface area contributed by atoms with Gasteiger partial charge in [0.1, 0.15) is 5.82 Å². The highest BCUT2D eigenvalue weighted by molar-refractivity contribution is 5.80. The Labute approximate surface area is 210 Å². The van der Waals surface area contributed by atoms with Gasteiger partial charge in [-0.1, -0.05) is 60.7 Å². The molecule has 3 nitrogen and oxygen atoms in total. The molecule has 36 heavy (non-hydrogen) atoms. The quantitative estimate of drug-likeness (QED) is 0.308. The normalized spacial score (nSPS) is 18.0. The van der Waals surface area contributed by atoms with Crippen LogP contribution in [0.3, 0.4) is 0 Å². The maximum Gasteiger partial charge on any atom is 0.132 e. The number of benzene rings is 4. The lowest BCUT2D eigenvalue weighted by molar-refractivity contribution is 0.557. The number of nitriles is 2. The summed E-state index contributed by atoms with van der Waals surface area (Å²) in [5, 5.41) is 19.0. The molecule has 0 spiro atoms. The smallest absolute Gasteiger partial charge is 0.132 e. The molecular formula is C32H22FN3. The second-order valence-corrected chi connectivity index (χ2v) is 9.27. The van der Waals surface area contributed by atoms with E-state index in [9.17, 15) is 14.9 Å². The number of halogens is 1. The molecule has 2 atom stereocenters. The van der Waals surface area contributed by atoms with Gasteiger partial charge in [0.2, 0.25) is 0 Å². The molecule has 0 fully saturated rings. The van der Waals surface area contributed by atoms with E-state index < -0.39 is 5.82 Å². The first-order chi connectivity index (χ1) is 17.7. The zero-order valence-corrected chi connectivity index (χ0v) is 19.5. The first-order valence-electron chi connectivity index (χ1n) is 12.1. The average molecular weight is 468 g/mol. The fourth-order valence-corrected chi connectivity index (χ4v) is 5.67. The summed E-state index contributed by atoms with van der Waals surface area (Å²) in [7, 11) is 0. The van der Waals surface area contributed by atoms with Gasteiger partial charge in [0.15, 0.2) is 0 Å². The number of para-hydroxylation sites is 1. The fraction of sp³-hybridized carbons (Fsp3) is 0.125. The molecule has 0 saturated carbocycles. The predicted octanol–water partition coefficient (Wildman–Crippen LogP) is 7.88. The van der Waals surface area contributed by atoms with Gasteiger partial charge in [0.05, 0.1) is 17.7 Å². The summed E-state index contributed by atoms with van der Waals surface area (Å²) in [5.41, 5.74) is 7.71. The van der Waals surface area contributed by atoms with E-state index in [1.54, 1.807) is 12.1 Å². The molecule has 1 aliphatic carbocycles. The van der Waals surface area contributed by atoms with E-state index in [4.69, 9.17) is 0 Å². The summed E-state index contributed by atoms with van der Waals surface area (Å²) < 4.78 is 14.7. The Hall–Kier alpha value is -4.67. The Morgan fingerprint density at radius 2 is 1.53 bits per heavy atom. The highest BCUT2D eigenvalue weighted by Gasteiger charge is 2.39. The minimum absolute atomic E-state index is 0.196. The molecule has 4 aromatic rings. The number of nitrogens with zero attached hydrogens (tertiary/aromatic N) is 3. The molecule has 2 aliphatic rings. The summed E-state index contributed by atoms with van der Waals surface area (Å²) >= 11 is 0. The third-order valence-corrected chi connectivity index (χ3v) is 7.28. The molecule has 1 aliphatic heterocycles. The molecule has 0 aromatic heterocycles. The standard InChI is InChI=1S/C32H22FN3/c33-29-12-5-9-25(20-35)32(29)24-8-3-6-22(17-24)23-7-4-10-26(18-23)36-30-13-2-1-11-27(30)28-16-21(19-34)14-15-31(28)36/h1-13,16-18,28,31H,14-15H2/t28?,31-/m1/s1. The van der Waals surface area contributed by atoms with Gasteiger partial charge < -0.3 is 4.90 Å². The Balaban J connectivity index is 1.42. The maximum absolute atomic E-state index is 14.7. The molecule has 0 saturated heterocycles. The van der Waals surface area contributed by atoms with Crippen LogP contribution in [0.1, 0.15) is 29.9 Å². The molecule has 0 bridgehead atoms. The van der Waals surface area contributed by atoms with Gasteiger partial charge in [-0.2, -0.15) is 10.5 Å². The molecular weight excluding hydrogens is 445 g/mol. The van der Waals surface area contributed by atoms with Crippen molar-refractivity contribution in [3.05, 3.63) is 120 Å². The molecule has 1 unspecified atom stereocenters. The van der Waals surface area contributed by atoms with E-state index in [0.29, 0.717) is 16.7 Å². The SMILES string of the molecule is N#CC1=CC2c3ccccc3N(c3cccc(-c4cccc(-c5c(F)cccc5C#N)c4)c3)[C@@H]2CC1. The molecule has 4 heteroatoms. The molecule has 172 valence electrons. The van der Waals surface area contributed by atoms with Crippen molar-refractivity contribution in [2.24, 2.45) is 0 Å². The van der Waals surface area contributed by atoms with E-state index in [-0.39, 0.29) is 12.0 Å². The van der Waals surface area contributed by atoms with Crippen LogP contribution >= 0.6 is 0 Å². The van der Waals surface area contributed by atoms with Crippen LogP contribution in [0, 0.1) is 28.5 Å². The lowest BCUT2D eigenvalue weighted by atomic mass is 9.84. The summed E-state index contributed by atoms with van der Waals surface area (Å²) in [6.07, 6.45) is 3.85. The number of allylic oxidation sites excluding steroid dienone is 1. The number of rotatable bonds is 3. The van der Waals surface area contributed by atoms with Crippen LogP contribution in [-0.2, 0) is 0 Å². The third-order valence-electron chi connectivity index (χ3n) is 7.28. The van der Waals surface area contributed by atoms with Crippen LogP contribution in [0.4, 0.5) is 15.8 Å². The largest absolute Gasteiger partial charge is 0.337 e. The minimum atomic E-state index is -0.401. The first-order valence-corrected chi connectivity index (χ1v) is 12.1. The molecule has 4 aromatic carbocycles. The zero-order valence-electron chi connectivity index (χ0n) is 19.5. The van der Waals surface area contributed by atoms with Crippen LogP contribution < -0.4 is 4.90 Å². The topological polar surface area (TPSA) is 50.8 Å². The van der Waals surface area contributed by atoms with Crippen molar-refractivity contribution in [1.82, 2.24) is 0 Å². The second-order valence-electron chi connectivity index (χ2n) is 9.27. The lowest BCUT2D eigenvalue weighted by Gasteiger charge is -2.32. The Bertz CT molecular complexity index is 1600. The molecule has 0 N–H and O–H groups in total. The summed E-state index contributed by atoms with van der Waals surface area (Å²) in [6, 6.07) is 33.9. The van der Waals surface area contributed by atoms with Crippen molar-refractivity contribution in [3.63, 3.8) is 0 Å². The Morgan fingerprint density at radius 1 is 0.778 bits per heavy atom. The van der Waals surface area contributed by atoms with Crippen molar-refractivity contribution in [1.29, 1.82) is 10.5 Å². The summed E-state index contributed by atoms with van der Waals surface area (Å²) in [4.78, 5) is 2.41. The first kappa shape index (κ1) is 21.8. The minimum Gasteiger partial charge on any atom is -0.337 e. The fourth-order valence-electron chi connectivity index (χ4n) is 5.67. The van der Waals surface area contributed by atoms with E-state index in [0.717, 1.165) is 35.2 Å². The highest BCUT2D eigenvalue weighted by Crippen LogP contribution is 2.50. The molecule has 1 heterocycles. The van der Waals surface area contributed by atoms with Crippen molar-refractivity contribution in [3.8, 4) is 34.4 Å². The van der Waals surface area contributed by atoms with Crippen LogP contribution in [0.15, 0.2) is 103 Å².